The summed E-state index contributed by atoms with van der Waals surface area (Å²) in [5.41, 5.74) is 0. The number of hydrogen-bond donors (Lipinski definition) is 0. The molecule has 0 N–H and O–H groups in total. The van der Waals surface area contributed by atoms with E-state index in [0.29, 0.717) is 13.0 Å². The number of ether oxygens (including phenoxy) is 2. The van der Waals surface area contributed by atoms with Crippen molar-refractivity contribution in [2.24, 2.45) is 0 Å². The monoisotopic (exact) mass is 201 g/mol. The highest BCUT2D eigenvalue weighted by Gasteiger charge is 2.38. The maximum Gasteiger partial charge on any atom is 0.328 e. The molecule has 0 spiro atoms. The van der Waals surface area contributed by atoms with Crippen LogP contribution in [0.3, 0.4) is 0 Å². The van der Waals surface area contributed by atoms with Gasteiger partial charge in [0, 0.05) is 27.0 Å². The van der Waals surface area contributed by atoms with E-state index in [1.54, 1.807) is 7.11 Å². The van der Waals surface area contributed by atoms with Gasteiger partial charge in [0.2, 0.25) is 5.91 Å². The summed E-state index contributed by atoms with van der Waals surface area (Å²) in [5.74, 6) is -0.500. The van der Waals surface area contributed by atoms with Crippen molar-refractivity contribution in [3.8, 4) is 0 Å². The van der Waals surface area contributed by atoms with Gasteiger partial charge in [-0.15, -0.1) is 0 Å². The van der Waals surface area contributed by atoms with Crippen molar-refractivity contribution < 1.29 is 19.1 Å². The Bertz CT molecular complexity index is 241. The van der Waals surface area contributed by atoms with Gasteiger partial charge < -0.3 is 14.4 Å². The molecule has 80 valence electrons. The smallest absolute Gasteiger partial charge is 0.328 e. The van der Waals surface area contributed by atoms with E-state index in [9.17, 15) is 9.59 Å². The molecule has 1 aliphatic rings. The van der Waals surface area contributed by atoms with Crippen LogP contribution < -0.4 is 0 Å². The van der Waals surface area contributed by atoms with Gasteiger partial charge in [0.25, 0.3) is 0 Å². The molecular weight excluding hydrogens is 186 g/mol. The normalized spacial score (nSPS) is 26.4. The molecule has 5 heteroatoms. The second-order valence-electron chi connectivity index (χ2n) is 3.30. The molecule has 0 aliphatic carbocycles. The molecular formula is C9H15NO4. The van der Waals surface area contributed by atoms with Gasteiger partial charge in [-0.2, -0.15) is 0 Å². The molecule has 1 saturated heterocycles. The van der Waals surface area contributed by atoms with Gasteiger partial charge in [-0.25, -0.2) is 4.79 Å². The number of rotatable bonds is 2. The highest BCUT2D eigenvalue weighted by Crippen LogP contribution is 2.20. The van der Waals surface area contributed by atoms with Crippen molar-refractivity contribution >= 4 is 11.9 Å². The van der Waals surface area contributed by atoms with E-state index in [2.05, 4.69) is 4.74 Å². The summed E-state index contributed by atoms with van der Waals surface area (Å²) in [7, 11) is 2.89. The quantitative estimate of drug-likeness (QED) is 0.580. The first-order valence-electron chi connectivity index (χ1n) is 4.48. The number of hydrogen-bond acceptors (Lipinski definition) is 4. The number of carbonyl (C=O) groups excluding carboxylic acids is 2. The molecule has 0 radical (unpaired) electrons. The van der Waals surface area contributed by atoms with Crippen molar-refractivity contribution in [2.75, 3.05) is 20.8 Å². The number of carbonyl (C=O) groups is 2. The highest BCUT2D eigenvalue weighted by molar-refractivity contribution is 5.84. The van der Waals surface area contributed by atoms with E-state index in [1.165, 1.54) is 18.9 Å². The van der Waals surface area contributed by atoms with Crippen molar-refractivity contribution in [2.45, 2.75) is 25.5 Å². The minimum Gasteiger partial charge on any atom is -0.467 e. The SMILES string of the molecule is COC(=O)[C@@H]1C[C@H](OC)CN1C(C)=O. The summed E-state index contributed by atoms with van der Waals surface area (Å²) in [6.45, 7) is 1.90. The molecule has 2 atom stereocenters. The Kier molecular flexibility index (Phi) is 3.46. The maximum absolute atomic E-state index is 11.3. The van der Waals surface area contributed by atoms with Crippen LogP contribution in [0.5, 0.6) is 0 Å². The molecule has 0 saturated carbocycles. The number of amides is 1. The predicted molar refractivity (Wildman–Crippen MR) is 48.6 cm³/mol. The second kappa shape index (κ2) is 4.41. The lowest BCUT2D eigenvalue weighted by Crippen LogP contribution is -2.39. The fraction of sp³-hybridized carbons (Fsp3) is 0.778. The summed E-state index contributed by atoms with van der Waals surface area (Å²) < 4.78 is 9.73. The Morgan fingerprint density at radius 1 is 1.36 bits per heavy atom. The fourth-order valence-electron chi connectivity index (χ4n) is 1.68. The third-order valence-corrected chi connectivity index (χ3v) is 2.47. The zero-order valence-electron chi connectivity index (χ0n) is 8.65. The lowest BCUT2D eigenvalue weighted by molar-refractivity contribution is -0.150. The molecule has 0 aromatic heterocycles. The number of likely N-dealkylation sites (tertiary alicyclic amines) is 1. The van der Waals surface area contributed by atoms with Crippen molar-refractivity contribution in [3.63, 3.8) is 0 Å². The zero-order valence-corrected chi connectivity index (χ0v) is 8.65. The fourth-order valence-corrected chi connectivity index (χ4v) is 1.68. The summed E-state index contributed by atoms with van der Waals surface area (Å²) in [6.07, 6.45) is 0.450. The van der Waals surface area contributed by atoms with Crippen LogP contribution in [0.15, 0.2) is 0 Å². The van der Waals surface area contributed by atoms with Crippen LogP contribution in [0.25, 0.3) is 0 Å². The average molecular weight is 201 g/mol. The Morgan fingerprint density at radius 2 is 2.00 bits per heavy atom. The first-order chi connectivity index (χ1) is 6.60. The van der Waals surface area contributed by atoms with Crippen LogP contribution in [-0.4, -0.2) is 49.7 Å². The number of esters is 1. The molecule has 14 heavy (non-hydrogen) atoms. The van der Waals surface area contributed by atoms with Gasteiger partial charge in [0.1, 0.15) is 6.04 Å². The van der Waals surface area contributed by atoms with Gasteiger partial charge in [0.05, 0.1) is 13.2 Å². The van der Waals surface area contributed by atoms with Crippen LogP contribution in [-0.2, 0) is 19.1 Å². The molecule has 1 fully saturated rings. The summed E-state index contributed by atoms with van der Waals surface area (Å²) in [4.78, 5) is 24.0. The molecule has 0 unspecified atom stereocenters. The van der Waals surface area contributed by atoms with Crippen molar-refractivity contribution in [3.05, 3.63) is 0 Å². The Labute approximate surface area is 83.0 Å². The highest BCUT2D eigenvalue weighted by atomic mass is 16.5. The van der Waals surface area contributed by atoms with Gasteiger partial charge in [-0.1, -0.05) is 0 Å². The minimum atomic E-state index is -0.484. The zero-order chi connectivity index (χ0) is 10.7. The largest absolute Gasteiger partial charge is 0.467 e. The average Bonchev–Trinajstić information content (AvgIpc) is 2.60. The van der Waals surface area contributed by atoms with Crippen LogP contribution in [0.1, 0.15) is 13.3 Å². The predicted octanol–water partition coefficient (Wildman–Crippen LogP) is -0.205. The molecule has 0 aromatic rings. The van der Waals surface area contributed by atoms with Gasteiger partial charge >= 0.3 is 5.97 Å². The molecule has 1 rings (SSSR count). The summed E-state index contributed by atoms with van der Waals surface area (Å²) >= 11 is 0. The molecule has 1 aliphatic heterocycles. The third kappa shape index (κ3) is 2.04. The van der Waals surface area contributed by atoms with E-state index in [4.69, 9.17) is 4.74 Å². The van der Waals surface area contributed by atoms with Crippen LogP contribution in [0.2, 0.25) is 0 Å². The van der Waals surface area contributed by atoms with E-state index < -0.39 is 6.04 Å². The first-order valence-corrected chi connectivity index (χ1v) is 4.48. The van der Waals surface area contributed by atoms with E-state index >= 15 is 0 Å². The van der Waals surface area contributed by atoms with Crippen molar-refractivity contribution in [1.29, 1.82) is 0 Å². The number of nitrogens with zero attached hydrogens (tertiary/aromatic N) is 1. The number of methoxy groups -OCH3 is 2. The lowest BCUT2D eigenvalue weighted by Gasteiger charge is -2.20. The van der Waals surface area contributed by atoms with E-state index in [-0.39, 0.29) is 18.0 Å². The third-order valence-electron chi connectivity index (χ3n) is 2.47. The van der Waals surface area contributed by atoms with E-state index in [0.717, 1.165) is 0 Å². The van der Waals surface area contributed by atoms with Gasteiger partial charge in [0.15, 0.2) is 0 Å². The summed E-state index contributed by atoms with van der Waals surface area (Å²) in [6, 6.07) is -0.484. The van der Waals surface area contributed by atoms with Gasteiger partial charge in [-0.05, 0) is 0 Å². The standard InChI is InChI=1S/C9H15NO4/c1-6(11)10-5-7(13-2)4-8(10)9(12)14-3/h7-8H,4-5H2,1-3H3/t7-,8-/m0/s1. The van der Waals surface area contributed by atoms with Crippen LogP contribution in [0.4, 0.5) is 0 Å². The topological polar surface area (TPSA) is 55.8 Å². The summed E-state index contributed by atoms with van der Waals surface area (Å²) in [5, 5.41) is 0. The van der Waals surface area contributed by atoms with Crippen LogP contribution >= 0.6 is 0 Å². The molecule has 0 aromatic carbocycles. The molecule has 5 nitrogen and oxygen atoms in total. The van der Waals surface area contributed by atoms with Crippen LogP contribution in [0, 0.1) is 0 Å². The minimum absolute atomic E-state index is 0.0667. The molecule has 1 heterocycles. The lowest BCUT2D eigenvalue weighted by atomic mass is 10.2. The maximum atomic E-state index is 11.3. The first kappa shape index (κ1) is 11.0. The second-order valence-corrected chi connectivity index (χ2v) is 3.30. The van der Waals surface area contributed by atoms with Crippen molar-refractivity contribution in [1.82, 2.24) is 4.90 Å². The Morgan fingerprint density at radius 3 is 2.43 bits per heavy atom. The Balaban J connectivity index is 2.71. The van der Waals surface area contributed by atoms with E-state index in [1.807, 2.05) is 0 Å². The Hall–Kier alpha value is -1.10. The van der Waals surface area contributed by atoms with Gasteiger partial charge in [-0.3, -0.25) is 4.79 Å². The molecule has 1 amide bonds. The molecule has 0 bridgehead atoms.